The maximum Gasteiger partial charge on any atom is 0.306 e. The highest BCUT2D eigenvalue weighted by Gasteiger charge is 2.28. The van der Waals surface area contributed by atoms with Gasteiger partial charge in [0.1, 0.15) is 4.90 Å². The lowest BCUT2D eigenvalue weighted by Crippen LogP contribution is -2.40. The average Bonchev–Trinajstić information content (AvgIpc) is 2.80. The Morgan fingerprint density at radius 2 is 1.84 bits per heavy atom. The maximum atomic E-state index is 12.9. The molecule has 1 N–H and O–H groups in total. The predicted molar refractivity (Wildman–Crippen MR) is 120 cm³/mol. The van der Waals surface area contributed by atoms with Gasteiger partial charge in [-0.3, -0.25) is 9.59 Å². The van der Waals surface area contributed by atoms with E-state index in [4.69, 9.17) is 21.1 Å². The lowest BCUT2D eigenvalue weighted by Gasteiger charge is -2.26. The molecule has 0 aliphatic carbocycles. The monoisotopic (exact) mass is 480 g/mol. The van der Waals surface area contributed by atoms with Crippen molar-refractivity contribution < 1.29 is 27.5 Å². The molecule has 32 heavy (non-hydrogen) atoms. The molecule has 0 spiro atoms. The fourth-order valence-electron chi connectivity index (χ4n) is 3.26. The van der Waals surface area contributed by atoms with Gasteiger partial charge in [-0.1, -0.05) is 48.9 Å². The number of benzene rings is 2. The minimum atomic E-state index is -3.83. The van der Waals surface area contributed by atoms with Crippen LogP contribution in [0.25, 0.3) is 0 Å². The molecule has 2 aromatic rings. The second-order valence-corrected chi connectivity index (χ2v) is 9.70. The van der Waals surface area contributed by atoms with Gasteiger partial charge in [0, 0.05) is 18.8 Å². The predicted octanol–water partition coefficient (Wildman–Crippen LogP) is 3.04. The summed E-state index contributed by atoms with van der Waals surface area (Å²) in [6.45, 7) is 2.50. The van der Waals surface area contributed by atoms with Crippen LogP contribution in [-0.4, -0.2) is 57.5 Å². The number of hydrogen-bond acceptors (Lipinski definition) is 6. The van der Waals surface area contributed by atoms with Crippen LogP contribution in [0.4, 0.5) is 5.69 Å². The van der Waals surface area contributed by atoms with Gasteiger partial charge in [0.15, 0.2) is 6.61 Å². The summed E-state index contributed by atoms with van der Waals surface area (Å²) in [7, 11) is -3.83. The van der Waals surface area contributed by atoms with Crippen molar-refractivity contribution in [3.63, 3.8) is 0 Å². The molecule has 1 aliphatic rings. The van der Waals surface area contributed by atoms with Crippen LogP contribution >= 0.6 is 11.6 Å². The van der Waals surface area contributed by atoms with Crippen molar-refractivity contribution in [2.24, 2.45) is 0 Å². The highest BCUT2D eigenvalue weighted by Crippen LogP contribution is 2.28. The van der Waals surface area contributed by atoms with E-state index in [1.54, 1.807) is 0 Å². The zero-order valence-electron chi connectivity index (χ0n) is 17.6. The lowest BCUT2D eigenvalue weighted by atomic mass is 9.98. The fraction of sp³-hybridized carbons (Fsp3) is 0.364. The quantitative estimate of drug-likeness (QED) is 0.583. The summed E-state index contributed by atoms with van der Waals surface area (Å²) in [5.41, 5.74) is 1.24. The second-order valence-electron chi connectivity index (χ2n) is 7.39. The maximum absolute atomic E-state index is 12.9. The van der Waals surface area contributed by atoms with Gasteiger partial charge in [-0.05, 0) is 29.7 Å². The Kier molecular flexibility index (Phi) is 8.25. The molecule has 1 saturated heterocycles. The number of rotatable bonds is 8. The fourth-order valence-corrected chi connectivity index (χ4v) is 5.16. The molecular weight excluding hydrogens is 456 g/mol. The van der Waals surface area contributed by atoms with Crippen LogP contribution in [0.1, 0.15) is 24.8 Å². The molecule has 8 nitrogen and oxygen atoms in total. The molecule has 1 aliphatic heterocycles. The van der Waals surface area contributed by atoms with Crippen LogP contribution in [0, 0.1) is 0 Å². The Morgan fingerprint density at radius 3 is 2.53 bits per heavy atom. The number of nitrogens with zero attached hydrogens (tertiary/aromatic N) is 1. The summed E-state index contributed by atoms with van der Waals surface area (Å²) in [6.07, 6.45) is 0.139. The van der Waals surface area contributed by atoms with Crippen LogP contribution in [0.2, 0.25) is 5.02 Å². The minimum Gasteiger partial charge on any atom is -0.456 e. The Morgan fingerprint density at radius 1 is 1.16 bits per heavy atom. The summed E-state index contributed by atoms with van der Waals surface area (Å²) in [6, 6.07) is 13.7. The third-order valence-corrected chi connectivity index (χ3v) is 7.39. The van der Waals surface area contributed by atoms with Gasteiger partial charge in [0.05, 0.1) is 24.7 Å². The number of ether oxygens (including phenoxy) is 2. The first-order chi connectivity index (χ1) is 15.3. The summed E-state index contributed by atoms with van der Waals surface area (Å²) in [5.74, 6) is -1.12. The average molecular weight is 481 g/mol. The van der Waals surface area contributed by atoms with Gasteiger partial charge < -0.3 is 14.8 Å². The largest absolute Gasteiger partial charge is 0.456 e. The van der Waals surface area contributed by atoms with Gasteiger partial charge in [-0.15, -0.1) is 0 Å². The Bertz CT molecular complexity index is 1060. The van der Waals surface area contributed by atoms with Gasteiger partial charge in [0.25, 0.3) is 5.91 Å². The number of carbonyl (C=O) groups excluding carboxylic acids is 2. The third-order valence-electron chi connectivity index (χ3n) is 5.01. The SMILES string of the molecule is CC(CC(=O)OCC(=O)Nc1ccc(Cl)c(S(=O)(=O)N2CCOCC2)c1)c1ccccc1. The third kappa shape index (κ3) is 6.29. The molecule has 1 fully saturated rings. The molecule has 2 aromatic carbocycles. The minimum absolute atomic E-state index is 0.0454. The van der Waals surface area contributed by atoms with Crippen molar-refractivity contribution in [1.82, 2.24) is 4.31 Å². The van der Waals surface area contributed by atoms with Crippen molar-refractivity contribution in [2.45, 2.75) is 24.2 Å². The molecule has 172 valence electrons. The number of morpholine rings is 1. The van der Waals surface area contributed by atoms with E-state index >= 15 is 0 Å². The molecule has 1 atom stereocenters. The van der Waals surface area contributed by atoms with Gasteiger partial charge in [0.2, 0.25) is 10.0 Å². The smallest absolute Gasteiger partial charge is 0.306 e. The Labute approximate surface area is 192 Å². The summed E-state index contributed by atoms with van der Waals surface area (Å²) >= 11 is 6.12. The number of hydrogen-bond donors (Lipinski definition) is 1. The number of carbonyl (C=O) groups is 2. The topological polar surface area (TPSA) is 102 Å². The number of sulfonamides is 1. The van der Waals surface area contributed by atoms with Crippen LogP contribution < -0.4 is 5.32 Å². The van der Waals surface area contributed by atoms with Gasteiger partial charge in [-0.25, -0.2) is 8.42 Å². The number of nitrogens with one attached hydrogen (secondary N) is 1. The molecule has 1 unspecified atom stereocenters. The van der Waals surface area contributed by atoms with Crippen molar-refractivity contribution in [3.05, 3.63) is 59.1 Å². The highest BCUT2D eigenvalue weighted by atomic mass is 35.5. The van der Waals surface area contributed by atoms with Crippen molar-refractivity contribution >= 4 is 39.2 Å². The van der Waals surface area contributed by atoms with E-state index in [0.29, 0.717) is 13.2 Å². The second kappa shape index (κ2) is 10.9. The van der Waals surface area contributed by atoms with E-state index in [9.17, 15) is 18.0 Å². The van der Waals surface area contributed by atoms with E-state index in [2.05, 4.69) is 5.32 Å². The van der Waals surface area contributed by atoms with Crippen molar-refractivity contribution in [3.8, 4) is 0 Å². The summed E-state index contributed by atoms with van der Waals surface area (Å²) in [5, 5.41) is 2.59. The first-order valence-electron chi connectivity index (χ1n) is 10.1. The van der Waals surface area contributed by atoms with Crippen LogP contribution in [0.3, 0.4) is 0 Å². The van der Waals surface area contributed by atoms with Gasteiger partial charge in [-0.2, -0.15) is 4.31 Å². The lowest BCUT2D eigenvalue weighted by molar-refractivity contribution is -0.147. The zero-order valence-corrected chi connectivity index (χ0v) is 19.2. The summed E-state index contributed by atoms with van der Waals surface area (Å²) in [4.78, 5) is 24.2. The normalized spacial score (nSPS) is 15.7. The molecule has 3 rings (SSSR count). The number of anilines is 1. The molecule has 0 saturated carbocycles. The molecule has 0 radical (unpaired) electrons. The first-order valence-corrected chi connectivity index (χ1v) is 12.0. The van der Waals surface area contributed by atoms with Crippen LogP contribution in [0.5, 0.6) is 0 Å². The molecule has 0 aromatic heterocycles. The molecule has 1 heterocycles. The van der Waals surface area contributed by atoms with Gasteiger partial charge >= 0.3 is 5.97 Å². The molecular formula is C22H25ClN2O6S. The Balaban J connectivity index is 1.57. The summed E-state index contributed by atoms with van der Waals surface area (Å²) < 4.78 is 37.3. The van der Waals surface area contributed by atoms with E-state index in [1.165, 1.54) is 22.5 Å². The molecule has 1 amide bonds. The molecule has 10 heteroatoms. The standard InChI is InChI=1S/C22H25ClN2O6S/c1-16(17-5-3-2-4-6-17)13-22(27)31-15-21(26)24-18-7-8-19(23)20(14-18)32(28,29)25-9-11-30-12-10-25/h2-8,14,16H,9-13,15H2,1H3,(H,24,26). The number of halogens is 1. The van der Waals surface area contributed by atoms with Crippen LogP contribution in [-0.2, 0) is 29.1 Å². The molecule has 0 bridgehead atoms. The Hall–Kier alpha value is -2.46. The van der Waals surface area contributed by atoms with E-state index in [0.717, 1.165) is 5.56 Å². The highest BCUT2D eigenvalue weighted by molar-refractivity contribution is 7.89. The number of amides is 1. The van der Waals surface area contributed by atoms with E-state index in [-0.39, 0.29) is 41.0 Å². The number of esters is 1. The van der Waals surface area contributed by atoms with Crippen molar-refractivity contribution in [1.29, 1.82) is 0 Å². The van der Waals surface area contributed by atoms with E-state index in [1.807, 2.05) is 37.3 Å². The zero-order chi connectivity index (χ0) is 23.1. The van der Waals surface area contributed by atoms with Crippen LogP contribution in [0.15, 0.2) is 53.4 Å². The van der Waals surface area contributed by atoms with E-state index < -0.39 is 28.5 Å². The van der Waals surface area contributed by atoms with Crippen molar-refractivity contribution in [2.75, 3.05) is 38.2 Å². The first kappa shape index (κ1) is 24.2.